The zero-order chi connectivity index (χ0) is 45.9. The van der Waals surface area contributed by atoms with Gasteiger partial charge in [-0.25, -0.2) is 0 Å². The first-order valence-electron chi connectivity index (χ1n) is 19.7. The highest BCUT2D eigenvalue weighted by Gasteiger charge is 2.34. The van der Waals surface area contributed by atoms with Gasteiger partial charge in [0.1, 0.15) is 42.0 Å². The lowest BCUT2D eigenvalue weighted by molar-refractivity contribution is -0.137. The molecule has 0 spiro atoms. The lowest BCUT2D eigenvalue weighted by atomic mass is 9.98. The van der Waals surface area contributed by atoms with Crippen molar-refractivity contribution in [2.24, 2.45) is 29.2 Å². The summed E-state index contributed by atoms with van der Waals surface area (Å²) in [6.07, 6.45) is -0.417. The molecule has 0 radical (unpaired) electrons. The monoisotopic (exact) mass is 865 g/mol. The molecule has 21 heteroatoms. The van der Waals surface area contributed by atoms with Crippen LogP contribution in [0.4, 0.5) is 0 Å². The number of carboxylic acid groups (broad SMARTS) is 1. The fourth-order valence-electron chi connectivity index (χ4n) is 5.66. The van der Waals surface area contributed by atoms with Gasteiger partial charge in [0.05, 0.1) is 12.6 Å². The molecule has 336 valence electrons. The van der Waals surface area contributed by atoms with Gasteiger partial charge in [-0.3, -0.25) is 43.2 Å². The van der Waals surface area contributed by atoms with E-state index in [-0.39, 0.29) is 55.4 Å². The maximum Gasteiger partial charge on any atom is 0.303 e. The molecule has 0 aromatic heterocycles. The second kappa shape index (κ2) is 25.9. The molecule has 0 aliphatic heterocycles. The number of phenols is 1. The first-order chi connectivity index (χ1) is 27.9. The zero-order valence-corrected chi connectivity index (χ0v) is 36.1. The third kappa shape index (κ3) is 19.5. The van der Waals surface area contributed by atoms with E-state index in [4.69, 9.17) is 16.6 Å². The maximum atomic E-state index is 14.1. The fourth-order valence-corrected chi connectivity index (χ4v) is 5.92. The number of thiol groups is 1. The molecule has 0 unspecified atom stereocenters. The van der Waals surface area contributed by atoms with Gasteiger partial charge in [-0.2, -0.15) is 12.6 Å². The van der Waals surface area contributed by atoms with Crippen LogP contribution in [0.2, 0.25) is 0 Å². The molecule has 1 aromatic rings. The summed E-state index contributed by atoms with van der Waals surface area (Å²) in [6, 6.07) is -2.62. The molecular formula is C39H63N9O11S. The van der Waals surface area contributed by atoms with E-state index in [0.717, 1.165) is 0 Å². The molecule has 0 heterocycles. The zero-order valence-electron chi connectivity index (χ0n) is 35.2. The minimum Gasteiger partial charge on any atom is -0.508 e. The number of phenolic OH excluding ortho intramolecular Hbond substituents is 1. The number of aromatic hydroxyl groups is 1. The second-order valence-corrected chi connectivity index (χ2v) is 16.1. The summed E-state index contributed by atoms with van der Waals surface area (Å²) in [5.74, 6) is -8.15. The molecule has 8 amide bonds. The lowest BCUT2D eigenvalue weighted by Gasteiger charge is -2.29. The van der Waals surface area contributed by atoms with Crippen LogP contribution in [0.3, 0.4) is 0 Å². The molecule has 0 aliphatic rings. The Morgan fingerprint density at radius 1 is 0.633 bits per heavy atom. The van der Waals surface area contributed by atoms with Gasteiger partial charge in [-0.15, -0.1) is 0 Å². The Balaban J connectivity index is 3.36. The molecule has 13 N–H and O–H groups in total. The van der Waals surface area contributed by atoms with Gasteiger partial charge >= 0.3 is 5.97 Å². The Morgan fingerprint density at radius 3 is 1.60 bits per heavy atom. The van der Waals surface area contributed by atoms with Gasteiger partial charge in [0, 0.05) is 18.6 Å². The molecule has 0 saturated carbocycles. The number of carbonyl (C=O) groups is 9. The first-order valence-corrected chi connectivity index (χ1v) is 20.3. The standard InChI is InChI=1S/C39H63N9O11S/c1-19(2)14-26(44-33(53)22(7)43-34(54)25(40)12-13-31(51)52)36(56)46-28(16-23-8-10-24(49)11-9-23)37(57)45-27(15-20(3)4)38(58)48-32(21(5)6)39(59)47-29(18-60)35(55)42-17-30(41)50/h8-11,19-22,25-29,32,49,60H,12-18,40H2,1-7H3,(H2,41,50)(H,42,55)(H,43,54)(H,44,53)(H,45,57)(H,46,56)(H,47,59)(H,48,58)(H,51,52)/t22-,25-,26-,27-,28-,29-,32-/m0/s1. The first kappa shape index (κ1) is 52.6. The molecule has 1 aromatic carbocycles. The number of nitrogens with two attached hydrogens (primary N) is 2. The third-order valence-electron chi connectivity index (χ3n) is 8.95. The van der Waals surface area contributed by atoms with Gasteiger partial charge in [0.2, 0.25) is 47.3 Å². The minimum absolute atomic E-state index is 0.0445. The van der Waals surface area contributed by atoms with E-state index in [2.05, 4.69) is 49.8 Å². The van der Waals surface area contributed by atoms with Crippen molar-refractivity contribution in [1.82, 2.24) is 37.2 Å². The number of hydrogen-bond donors (Lipinski definition) is 12. The van der Waals surface area contributed by atoms with Crippen LogP contribution in [0.25, 0.3) is 0 Å². The summed E-state index contributed by atoms with van der Waals surface area (Å²) in [5.41, 5.74) is 11.4. The van der Waals surface area contributed by atoms with E-state index < -0.39 is 108 Å². The number of hydrogen-bond acceptors (Lipinski definition) is 12. The van der Waals surface area contributed by atoms with Gasteiger partial charge in [0.15, 0.2) is 0 Å². The Bertz CT molecular complexity index is 1660. The van der Waals surface area contributed by atoms with Crippen molar-refractivity contribution in [2.45, 2.75) is 123 Å². The highest BCUT2D eigenvalue weighted by Crippen LogP contribution is 2.14. The van der Waals surface area contributed by atoms with E-state index >= 15 is 0 Å². The Kier molecular flexibility index (Phi) is 22.7. The molecule has 0 saturated heterocycles. The van der Waals surface area contributed by atoms with Crippen molar-refractivity contribution in [1.29, 1.82) is 0 Å². The molecule has 20 nitrogen and oxygen atoms in total. The van der Waals surface area contributed by atoms with E-state index in [1.807, 2.05) is 13.8 Å². The summed E-state index contributed by atoms with van der Waals surface area (Å²) in [4.78, 5) is 116. The summed E-state index contributed by atoms with van der Waals surface area (Å²) < 4.78 is 0. The Labute approximate surface area is 355 Å². The highest BCUT2D eigenvalue weighted by molar-refractivity contribution is 7.80. The largest absolute Gasteiger partial charge is 0.508 e. The molecule has 7 atom stereocenters. The van der Waals surface area contributed by atoms with E-state index in [1.54, 1.807) is 27.7 Å². The topological polar surface area (TPSA) is 330 Å². The average Bonchev–Trinajstić information content (AvgIpc) is 3.15. The van der Waals surface area contributed by atoms with Crippen LogP contribution < -0.4 is 48.7 Å². The van der Waals surface area contributed by atoms with Gasteiger partial charge in [-0.05, 0) is 61.6 Å². The molecule has 0 fully saturated rings. The smallest absolute Gasteiger partial charge is 0.303 e. The van der Waals surface area contributed by atoms with Crippen molar-refractivity contribution < 1.29 is 53.4 Å². The summed E-state index contributed by atoms with van der Waals surface area (Å²) in [5, 5.41) is 36.6. The minimum atomic E-state index is -1.33. The number of aliphatic carboxylic acids is 1. The van der Waals surface area contributed by atoms with E-state index in [9.17, 15) is 48.3 Å². The van der Waals surface area contributed by atoms with Crippen LogP contribution in [0.15, 0.2) is 24.3 Å². The summed E-state index contributed by atoms with van der Waals surface area (Å²) >= 11 is 4.11. The quantitative estimate of drug-likeness (QED) is 0.0466. The molecule has 0 bridgehead atoms. The Morgan fingerprint density at radius 2 is 1.12 bits per heavy atom. The van der Waals surface area contributed by atoms with Crippen LogP contribution in [0, 0.1) is 17.8 Å². The van der Waals surface area contributed by atoms with Gasteiger partial charge < -0.3 is 58.9 Å². The SMILES string of the molecule is CC(C)C[C@H](NC(=O)[C@H](C)NC(=O)[C@@H](N)CCC(=O)O)C(=O)N[C@@H](Cc1ccc(O)cc1)C(=O)N[C@@H](CC(C)C)C(=O)N[C@H](C(=O)N[C@@H](CS)C(=O)NCC(N)=O)C(C)C. The average molecular weight is 866 g/mol. The van der Waals surface area contributed by atoms with Crippen LogP contribution in [-0.2, 0) is 49.6 Å². The molecule has 0 aliphatic carbocycles. The number of nitrogens with one attached hydrogen (secondary N) is 7. The molecule has 60 heavy (non-hydrogen) atoms. The summed E-state index contributed by atoms with van der Waals surface area (Å²) in [7, 11) is 0. The highest BCUT2D eigenvalue weighted by atomic mass is 32.1. The maximum absolute atomic E-state index is 14.1. The fraction of sp³-hybridized carbons (Fsp3) is 0.615. The predicted molar refractivity (Wildman–Crippen MR) is 224 cm³/mol. The van der Waals surface area contributed by atoms with Crippen molar-refractivity contribution in [2.75, 3.05) is 12.3 Å². The van der Waals surface area contributed by atoms with Gasteiger partial charge in [-0.1, -0.05) is 53.7 Å². The number of carbonyl (C=O) groups excluding carboxylic acids is 8. The number of rotatable bonds is 26. The van der Waals surface area contributed by atoms with Crippen LogP contribution in [0.1, 0.15) is 79.7 Å². The number of benzene rings is 1. The predicted octanol–water partition coefficient (Wildman–Crippen LogP) is -1.66. The van der Waals surface area contributed by atoms with Crippen LogP contribution >= 0.6 is 12.6 Å². The third-order valence-corrected chi connectivity index (χ3v) is 9.31. The number of carboxylic acids is 1. The van der Waals surface area contributed by atoms with Crippen molar-refractivity contribution in [3.8, 4) is 5.75 Å². The normalized spacial score (nSPS) is 14.7. The van der Waals surface area contributed by atoms with Crippen molar-refractivity contribution >= 4 is 65.9 Å². The molecular weight excluding hydrogens is 803 g/mol. The lowest BCUT2D eigenvalue weighted by Crippen LogP contribution is -2.61. The van der Waals surface area contributed by atoms with Crippen LogP contribution in [-0.4, -0.2) is 118 Å². The summed E-state index contributed by atoms with van der Waals surface area (Å²) in [6.45, 7) is 11.4. The number of primary amides is 1. The second-order valence-electron chi connectivity index (χ2n) is 15.7. The van der Waals surface area contributed by atoms with Crippen molar-refractivity contribution in [3.05, 3.63) is 29.8 Å². The van der Waals surface area contributed by atoms with E-state index in [0.29, 0.717) is 5.56 Å². The van der Waals surface area contributed by atoms with Gasteiger partial charge in [0.25, 0.3) is 0 Å². The van der Waals surface area contributed by atoms with Crippen molar-refractivity contribution in [3.63, 3.8) is 0 Å². The Hall–Kier alpha value is -5.44. The molecule has 1 rings (SSSR count). The van der Waals surface area contributed by atoms with E-state index in [1.165, 1.54) is 31.2 Å². The number of amides is 8. The van der Waals surface area contributed by atoms with Crippen LogP contribution in [0.5, 0.6) is 5.75 Å².